The molecule has 0 saturated carbocycles. The van der Waals surface area contributed by atoms with Gasteiger partial charge in [-0.05, 0) is 40.6 Å². The molecule has 1 aliphatic heterocycles. The van der Waals surface area contributed by atoms with E-state index in [-0.39, 0.29) is 0 Å². The van der Waals surface area contributed by atoms with Gasteiger partial charge in [-0.25, -0.2) is 0 Å². The largest absolute Gasteiger partial charge is 0.274 e. The highest BCUT2D eigenvalue weighted by atomic mass is 32.1. The molecule has 1 aromatic heterocycles. The monoisotopic (exact) mass is 309 g/mol. The van der Waals surface area contributed by atoms with Crippen molar-refractivity contribution in [1.29, 1.82) is 0 Å². The second-order valence-corrected chi connectivity index (χ2v) is 12.8. The molecule has 2 aromatic rings. The van der Waals surface area contributed by atoms with Crippen LogP contribution in [0.1, 0.15) is 16.0 Å². The third kappa shape index (κ3) is 3.17. The third-order valence-corrected chi connectivity index (χ3v) is 8.28. The molecule has 0 unspecified atom stereocenters. The number of fused-ring (bicyclic) bond motifs is 1. The van der Waals surface area contributed by atoms with Crippen molar-refractivity contribution in [3.8, 4) is 11.8 Å². The Kier molecular flexibility index (Phi) is 3.84. The molecule has 106 valence electrons. The Morgan fingerprint density at radius 3 is 2.57 bits per heavy atom. The number of hydrogen-bond donors (Lipinski definition) is 0. The summed E-state index contributed by atoms with van der Waals surface area (Å²) in [7, 11) is -1.25. The Morgan fingerprint density at radius 2 is 1.86 bits per heavy atom. The molecule has 0 atom stereocenters. The van der Waals surface area contributed by atoms with Crippen LogP contribution in [0.3, 0.4) is 0 Å². The van der Waals surface area contributed by atoms with E-state index in [4.69, 9.17) is 0 Å². The number of benzene rings is 1. The molecule has 0 saturated heterocycles. The van der Waals surface area contributed by atoms with E-state index < -0.39 is 8.07 Å². The standard InChI is InChI=1S/C18H19NSSi/c1-21(2,3)17-13-15-11-12-19-16(18(15)20-17)10-9-14-7-5-4-6-8-14/h4-8,13H,11-12H2,1-3H3. The lowest BCUT2D eigenvalue weighted by Crippen LogP contribution is -2.34. The van der Waals surface area contributed by atoms with E-state index >= 15 is 0 Å². The Bertz CT molecular complexity index is 739. The van der Waals surface area contributed by atoms with Crippen LogP contribution in [0, 0.1) is 11.8 Å². The quantitative estimate of drug-likeness (QED) is 0.563. The van der Waals surface area contributed by atoms with E-state index in [2.05, 4.69) is 42.5 Å². The summed E-state index contributed by atoms with van der Waals surface area (Å²) in [5, 5.41) is 0. The highest BCUT2D eigenvalue weighted by Crippen LogP contribution is 2.23. The first-order chi connectivity index (χ1) is 10.0. The van der Waals surface area contributed by atoms with Gasteiger partial charge in [-0.3, -0.25) is 4.99 Å². The highest BCUT2D eigenvalue weighted by Gasteiger charge is 2.24. The fourth-order valence-electron chi connectivity index (χ4n) is 2.29. The van der Waals surface area contributed by atoms with Crippen LogP contribution in [0.2, 0.25) is 19.6 Å². The molecular weight excluding hydrogens is 290 g/mol. The first-order valence-corrected chi connectivity index (χ1v) is 11.6. The maximum absolute atomic E-state index is 4.65. The highest BCUT2D eigenvalue weighted by molar-refractivity contribution is 7.28. The summed E-state index contributed by atoms with van der Waals surface area (Å²) >= 11 is 1.91. The summed E-state index contributed by atoms with van der Waals surface area (Å²) in [6.07, 6.45) is 1.06. The second kappa shape index (κ2) is 5.63. The van der Waals surface area contributed by atoms with Crippen LogP contribution in [0.4, 0.5) is 0 Å². The van der Waals surface area contributed by atoms with Crippen molar-refractivity contribution in [2.45, 2.75) is 26.1 Å². The van der Waals surface area contributed by atoms with Crippen LogP contribution in [0.5, 0.6) is 0 Å². The molecule has 0 N–H and O–H groups in total. The minimum Gasteiger partial charge on any atom is -0.274 e. The Morgan fingerprint density at radius 1 is 1.10 bits per heavy atom. The summed E-state index contributed by atoms with van der Waals surface area (Å²) in [6, 6.07) is 12.5. The predicted octanol–water partition coefficient (Wildman–Crippen LogP) is 3.69. The van der Waals surface area contributed by atoms with Crippen molar-refractivity contribution in [2.75, 3.05) is 6.54 Å². The van der Waals surface area contributed by atoms with Crippen molar-refractivity contribution >= 4 is 29.6 Å². The molecule has 0 fully saturated rings. The third-order valence-electron chi connectivity index (χ3n) is 3.51. The van der Waals surface area contributed by atoms with Gasteiger partial charge in [-0.1, -0.05) is 43.8 Å². The molecular formula is C18H19NSSi. The van der Waals surface area contributed by atoms with Gasteiger partial charge in [0, 0.05) is 12.1 Å². The van der Waals surface area contributed by atoms with E-state index in [1.807, 2.05) is 41.7 Å². The summed E-state index contributed by atoms with van der Waals surface area (Å²) in [5.74, 6) is 6.53. The normalized spacial score (nSPS) is 14.0. The predicted molar refractivity (Wildman–Crippen MR) is 95.7 cm³/mol. The summed E-state index contributed by atoms with van der Waals surface area (Å²) in [4.78, 5) is 5.96. The zero-order valence-electron chi connectivity index (χ0n) is 12.7. The number of rotatable bonds is 1. The zero-order valence-corrected chi connectivity index (χ0v) is 14.6. The average molecular weight is 310 g/mol. The number of aliphatic imine (C=N–C) groups is 1. The van der Waals surface area contributed by atoms with Gasteiger partial charge >= 0.3 is 0 Å². The zero-order chi connectivity index (χ0) is 14.9. The molecule has 21 heavy (non-hydrogen) atoms. The Hall–Kier alpha value is -1.63. The molecule has 2 heterocycles. The van der Waals surface area contributed by atoms with Crippen molar-refractivity contribution < 1.29 is 0 Å². The minimum absolute atomic E-state index is 0.869. The maximum atomic E-state index is 4.65. The fraction of sp³-hybridized carbons (Fsp3) is 0.278. The molecule has 3 rings (SSSR count). The average Bonchev–Trinajstić information content (AvgIpc) is 2.91. The maximum Gasteiger partial charge on any atom is 0.125 e. The van der Waals surface area contributed by atoms with Gasteiger partial charge in [0.05, 0.1) is 13.0 Å². The summed E-state index contributed by atoms with van der Waals surface area (Å²) in [6.45, 7) is 8.07. The van der Waals surface area contributed by atoms with Crippen LogP contribution in [0.25, 0.3) is 0 Å². The fourth-order valence-corrected chi connectivity index (χ4v) is 5.36. The van der Waals surface area contributed by atoms with Gasteiger partial charge in [0.25, 0.3) is 0 Å². The van der Waals surface area contributed by atoms with Gasteiger partial charge < -0.3 is 0 Å². The lowest BCUT2D eigenvalue weighted by atomic mass is 10.1. The summed E-state index contributed by atoms with van der Waals surface area (Å²) < 4.78 is 1.56. The lowest BCUT2D eigenvalue weighted by molar-refractivity contribution is 0.956. The van der Waals surface area contributed by atoms with Crippen LogP contribution >= 0.6 is 11.3 Å². The SMILES string of the molecule is C[Si](C)(C)c1cc2c(s1)C(C#Cc1ccccc1)=NCC2. The topological polar surface area (TPSA) is 12.4 Å². The van der Waals surface area contributed by atoms with E-state index in [1.165, 1.54) is 10.4 Å². The van der Waals surface area contributed by atoms with Crippen LogP contribution in [-0.2, 0) is 6.42 Å². The number of nitrogens with zero attached hydrogens (tertiary/aromatic N) is 1. The van der Waals surface area contributed by atoms with E-state index in [1.54, 1.807) is 4.50 Å². The van der Waals surface area contributed by atoms with E-state index in [0.29, 0.717) is 0 Å². The second-order valence-electron chi connectivity index (χ2n) is 6.31. The Balaban J connectivity index is 1.95. The molecule has 1 aliphatic rings. The molecule has 1 nitrogen and oxygen atoms in total. The van der Waals surface area contributed by atoms with Gasteiger partial charge in [0.15, 0.2) is 0 Å². The van der Waals surface area contributed by atoms with E-state index in [9.17, 15) is 0 Å². The van der Waals surface area contributed by atoms with Crippen LogP contribution < -0.4 is 4.50 Å². The Labute approximate surface area is 131 Å². The first kappa shape index (κ1) is 14.3. The molecule has 0 spiro atoms. The van der Waals surface area contributed by atoms with Gasteiger partial charge in [-0.2, -0.15) is 0 Å². The molecule has 1 aromatic carbocycles. The molecule has 0 radical (unpaired) electrons. The van der Waals surface area contributed by atoms with Crippen LogP contribution in [0.15, 0.2) is 41.4 Å². The molecule has 0 bridgehead atoms. The minimum atomic E-state index is -1.25. The van der Waals surface area contributed by atoms with Crippen molar-refractivity contribution in [3.63, 3.8) is 0 Å². The van der Waals surface area contributed by atoms with Gasteiger partial charge in [-0.15, -0.1) is 11.3 Å². The summed E-state index contributed by atoms with van der Waals surface area (Å²) in [5.41, 5.74) is 3.48. The first-order valence-electron chi connectivity index (χ1n) is 7.29. The van der Waals surface area contributed by atoms with Crippen molar-refractivity contribution in [2.24, 2.45) is 4.99 Å². The van der Waals surface area contributed by atoms with Crippen molar-refractivity contribution in [1.82, 2.24) is 0 Å². The lowest BCUT2D eigenvalue weighted by Gasteiger charge is -2.12. The van der Waals surface area contributed by atoms with Crippen molar-refractivity contribution in [3.05, 3.63) is 52.4 Å². The van der Waals surface area contributed by atoms with Gasteiger partial charge in [0.1, 0.15) is 5.71 Å². The van der Waals surface area contributed by atoms with Gasteiger partial charge in [0.2, 0.25) is 0 Å². The number of hydrogen-bond acceptors (Lipinski definition) is 2. The smallest absolute Gasteiger partial charge is 0.125 e. The molecule has 0 amide bonds. The van der Waals surface area contributed by atoms with Crippen LogP contribution in [-0.4, -0.2) is 20.3 Å². The number of thiophene rings is 1. The van der Waals surface area contributed by atoms with E-state index in [0.717, 1.165) is 24.2 Å². The molecule has 0 aliphatic carbocycles. The molecule has 3 heteroatoms.